The van der Waals surface area contributed by atoms with Crippen molar-refractivity contribution in [1.82, 2.24) is 5.32 Å². The fourth-order valence-corrected chi connectivity index (χ4v) is 6.80. The van der Waals surface area contributed by atoms with Gasteiger partial charge in [0.2, 0.25) is 0 Å². The van der Waals surface area contributed by atoms with Crippen LogP contribution < -0.4 is 10.1 Å². The van der Waals surface area contributed by atoms with Gasteiger partial charge in [0.25, 0.3) is 0 Å². The second-order valence-corrected chi connectivity index (χ2v) is 12.7. The molecule has 1 aromatic carbocycles. The highest BCUT2D eigenvalue weighted by atomic mass is 16.5. The van der Waals surface area contributed by atoms with Crippen molar-refractivity contribution in [2.75, 3.05) is 26.4 Å². The van der Waals surface area contributed by atoms with Crippen LogP contribution in [0.4, 0.5) is 0 Å². The van der Waals surface area contributed by atoms with E-state index < -0.39 is 6.10 Å². The Morgan fingerprint density at radius 1 is 1.20 bits per heavy atom. The molecule has 2 heterocycles. The Morgan fingerprint density at radius 2 is 2.02 bits per heavy atom. The predicted octanol–water partition coefficient (Wildman–Crippen LogP) is 5.59. The van der Waals surface area contributed by atoms with Gasteiger partial charge in [-0.15, -0.1) is 4.99 Å². The van der Waals surface area contributed by atoms with Gasteiger partial charge in [0, 0.05) is 31.9 Å². The lowest BCUT2D eigenvalue weighted by atomic mass is 9.77. The third-order valence-electron chi connectivity index (χ3n) is 9.14. The van der Waals surface area contributed by atoms with E-state index in [9.17, 15) is 20.4 Å². The minimum absolute atomic E-state index is 0.0145. The summed E-state index contributed by atoms with van der Waals surface area (Å²) in [7, 11) is 0. The lowest BCUT2D eigenvalue weighted by Crippen LogP contribution is -2.43. The number of unbranched alkanes of at least 4 members (excludes halogenated alkanes) is 1. The molecule has 1 fully saturated rings. The molecule has 3 aliphatic rings. The van der Waals surface area contributed by atoms with Crippen molar-refractivity contribution in [2.45, 2.75) is 109 Å². The summed E-state index contributed by atoms with van der Waals surface area (Å²) >= 11 is 0. The van der Waals surface area contributed by atoms with E-state index in [4.69, 9.17) is 14.5 Å². The number of aliphatic hydroxyl groups is 3. The predicted molar refractivity (Wildman–Crippen MR) is 174 cm³/mol. The van der Waals surface area contributed by atoms with Crippen LogP contribution in [0.2, 0.25) is 0 Å². The van der Waals surface area contributed by atoms with Crippen LogP contribution in [0.3, 0.4) is 0 Å². The third-order valence-corrected chi connectivity index (χ3v) is 9.14. The van der Waals surface area contributed by atoms with E-state index in [1.54, 1.807) is 13.0 Å². The molecule has 1 aliphatic carbocycles. The smallest absolute Gasteiger partial charge is 0.176 e. The molecule has 44 heavy (non-hydrogen) atoms. The normalized spacial score (nSPS) is 20.7. The van der Waals surface area contributed by atoms with Gasteiger partial charge in [-0.3, -0.25) is 0 Å². The Kier molecular flexibility index (Phi) is 14.0. The molecule has 8 heteroatoms. The van der Waals surface area contributed by atoms with E-state index in [2.05, 4.69) is 18.3 Å². The highest BCUT2D eigenvalue weighted by molar-refractivity contribution is 5.84. The Morgan fingerprint density at radius 3 is 2.75 bits per heavy atom. The monoisotopic (exact) mass is 610 g/mol. The van der Waals surface area contributed by atoms with E-state index in [1.807, 2.05) is 24.4 Å². The van der Waals surface area contributed by atoms with Gasteiger partial charge in [-0.25, -0.2) is 0 Å². The van der Waals surface area contributed by atoms with Crippen molar-refractivity contribution in [3.05, 3.63) is 59.2 Å². The maximum Gasteiger partial charge on any atom is 0.176 e. The number of rotatable bonds is 20. The fraction of sp³-hybridized carbons (Fsp3) is 0.639. The first kappa shape index (κ1) is 34.4. The highest BCUT2D eigenvalue weighted by Gasteiger charge is 2.40. The second kappa shape index (κ2) is 17.9. The van der Waals surface area contributed by atoms with E-state index in [0.717, 1.165) is 68.2 Å². The molecule has 1 saturated carbocycles. The molecule has 0 spiro atoms. The summed E-state index contributed by atoms with van der Waals surface area (Å²) in [6.07, 6.45) is 18.3. The maximum atomic E-state index is 10.5. The molecule has 0 aromatic heterocycles. The zero-order chi connectivity index (χ0) is 31.3. The number of nitrogens with zero attached hydrogens (tertiary/aromatic N) is 1. The first-order valence-electron chi connectivity index (χ1n) is 16.8. The Hall–Kier alpha value is -2.49. The standard InChI is InChI=1S/C36H54N2O6/c1-3-4-11-34-29(24-40)21-31(44-34)14-12-26-13-15-33(42)35(19-26)43-18-16-30-20-28(23-37-30)36(27-8-5-6-9-27)32(10-7-17-39)38-22-25(2)41/h13,15,19-21,23,25,27,32,34,36,38-42H,3-12,14,16-18,22,24H2,1-2H3/t25-,32-,34?,36-/m0/s1. The van der Waals surface area contributed by atoms with Crippen LogP contribution >= 0.6 is 0 Å². The van der Waals surface area contributed by atoms with Crippen molar-refractivity contribution < 1.29 is 29.9 Å². The lowest BCUT2D eigenvalue weighted by molar-refractivity contribution is 0.103. The van der Waals surface area contributed by atoms with Gasteiger partial charge in [-0.05, 0) is 69.1 Å². The molecule has 0 radical (unpaired) electrons. The number of hydrogen-bond acceptors (Lipinski definition) is 8. The number of phenolic OH excluding ortho intramolecular Hbond substituents is 1. The largest absolute Gasteiger partial charge is 0.504 e. The average molecular weight is 611 g/mol. The minimum atomic E-state index is -0.426. The summed E-state index contributed by atoms with van der Waals surface area (Å²) in [5.41, 5.74) is 3.23. The molecule has 0 amide bonds. The molecule has 0 saturated heterocycles. The fourth-order valence-electron chi connectivity index (χ4n) is 6.80. The molecule has 0 bridgehead atoms. The third kappa shape index (κ3) is 10.0. The SMILES string of the molecule is CCCCC1O[C-](CCc2ccc(O)c(OCC[C+]3C=C([C@H](C4CCCC4)[C@H](CCCO)NC[C@H](C)O)C=N3)c2)C=C1CO. The van der Waals surface area contributed by atoms with Crippen LogP contribution in [0.25, 0.3) is 0 Å². The topological polar surface area (TPSA) is 124 Å². The van der Waals surface area contributed by atoms with Crippen LogP contribution in [-0.2, 0) is 11.2 Å². The first-order valence-corrected chi connectivity index (χ1v) is 16.8. The zero-order valence-corrected chi connectivity index (χ0v) is 26.7. The number of aromatic hydroxyl groups is 1. The van der Waals surface area contributed by atoms with Crippen LogP contribution in [-0.4, -0.2) is 71.3 Å². The molecule has 1 unspecified atom stereocenters. The quantitative estimate of drug-likeness (QED) is 0.122. The number of phenols is 1. The molecule has 4 rings (SSSR count). The number of ether oxygens (including phenoxy) is 2. The van der Waals surface area contributed by atoms with Crippen LogP contribution in [0.15, 0.2) is 46.5 Å². The van der Waals surface area contributed by atoms with Crippen molar-refractivity contribution in [3.63, 3.8) is 0 Å². The molecule has 244 valence electrons. The molecule has 2 aliphatic heterocycles. The van der Waals surface area contributed by atoms with Crippen LogP contribution in [0, 0.1) is 24.0 Å². The molecule has 5 N–H and O–H groups in total. The van der Waals surface area contributed by atoms with Gasteiger partial charge < -0.3 is 35.2 Å². The van der Waals surface area contributed by atoms with Gasteiger partial charge in [0.1, 0.15) is 12.2 Å². The number of benzene rings is 1. The van der Waals surface area contributed by atoms with Crippen LogP contribution in [0.1, 0.15) is 90.0 Å². The molecular weight excluding hydrogens is 556 g/mol. The first-order chi connectivity index (χ1) is 21.4. The highest BCUT2D eigenvalue weighted by Crippen LogP contribution is 2.40. The van der Waals surface area contributed by atoms with E-state index in [-0.39, 0.29) is 37.0 Å². The van der Waals surface area contributed by atoms with Gasteiger partial charge in [0.05, 0.1) is 24.5 Å². The summed E-state index contributed by atoms with van der Waals surface area (Å²) in [6, 6.07) is 6.63. The maximum absolute atomic E-state index is 10.5. The van der Waals surface area contributed by atoms with Gasteiger partial charge in [-0.1, -0.05) is 51.2 Å². The Balaban J connectivity index is 1.31. The second-order valence-electron chi connectivity index (χ2n) is 12.7. The van der Waals surface area contributed by atoms with Crippen LogP contribution in [0.5, 0.6) is 11.5 Å². The minimum Gasteiger partial charge on any atom is -0.504 e. The van der Waals surface area contributed by atoms with Gasteiger partial charge in [0.15, 0.2) is 23.8 Å². The Bertz CT molecular complexity index is 1100. The number of nitrogens with one attached hydrogen (secondary N) is 1. The molecule has 8 nitrogen and oxygen atoms in total. The number of aliphatic hydroxyl groups excluding tert-OH is 3. The summed E-state index contributed by atoms with van der Waals surface area (Å²) < 4.78 is 12.2. The number of aliphatic imine (C=N–C) groups is 1. The zero-order valence-electron chi connectivity index (χ0n) is 26.7. The lowest BCUT2D eigenvalue weighted by Gasteiger charge is -2.30. The summed E-state index contributed by atoms with van der Waals surface area (Å²) in [4.78, 5) is 4.74. The van der Waals surface area contributed by atoms with E-state index in [0.29, 0.717) is 31.2 Å². The summed E-state index contributed by atoms with van der Waals surface area (Å²) in [5, 5.41) is 43.2. The summed E-state index contributed by atoms with van der Waals surface area (Å²) in [6.45, 7) is 5.08. The van der Waals surface area contributed by atoms with Gasteiger partial charge in [-0.2, -0.15) is 11.6 Å². The Labute approximate surface area is 264 Å². The number of hydrogen-bond donors (Lipinski definition) is 5. The van der Waals surface area contributed by atoms with E-state index >= 15 is 0 Å². The van der Waals surface area contributed by atoms with Crippen molar-refractivity contribution in [3.8, 4) is 11.5 Å². The van der Waals surface area contributed by atoms with Crippen molar-refractivity contribution in [1.29, 1.82) is 0 Å². The molecule has 1 aromatic rings. The molecule has 4 atom stereocenters. The van der Waals surface area contributed by atoms with Gasteiger partial charge >= 0.3 is 0 Å². The van der Waals surface area contributed by atoms with Crippen molar-refractivity contribution >= 4 is 6.21 Å². The number of aryl methyl sites for hydroxylation is 1. The molecular formula is C36H54N2O6. The van der Waals surface area contributed by atoms with Crippen molar-refractivity contribution in [2.24, 2.45) is 16.8 Å². The van der Waals surface area contributed by atoms with E-state index in [1.165, 1.54) is 31.3 Å². The average Bonchev–Trinajstić information content (AvgIpc) is 3.79. The summed E-state index contributed by atoms with van der Waals surface area (Å²) in [5.74, 6) is 1.44.